The van der Waals surface area contributed by atoms with Gasteiger partial charge in [0.05, 0.1) is 25.4 Å². The van der Waals surface area contributed by atoms with Gasteiger partial charge >= 0.3 is 5.97 Å². The van der Waals surface area contributed by atoms with Crippen LogP contribution in [0, 0.1) is 0 Å². The Hall–Kier alpha value is -2.90. The van der Waals surface area contributed by atoms with Gasteiger partial charge in [0.15, 0.2) is 12.4 Å². The second-order valence-corrected chi connectivity index (χ2v) is 21.9. The molecule has 1 amide bonds. The number of allylic oxidation sites excluding steroid dienone is 11. The lowest BCUT2D eigenvalue weighted by Gasteiger charge is -2.41. The molecule has 0 spiro atoms. The average molecular weight is 1080 g/mol. The molecule has 6 N–H and O–H groups in total. The number of nitrogens with one attached hydrogen (secondary N) is 1. The van der Waals surface area contributed by atoms with Crippen LogP contribution in [0.2, 0.25) is 0 Å². The van der Waals surface area contributed by atoms with Gasteiger partial charge in [0.25, 0.3) is 0 Å². The first-order chi connectivity index (χ1) is 37.7. The molecular weight excluding hydrogens is 967 g/mol. The zero-order valence-electron chi connectivity index (χ0n) is 49.3. The van der Waals surface area contributed by atoms with E-state index in [1.54, 1.807) is 6.08 Å². The summed E-state index contributed by atoms with van der Waals surface area (Å²) in [4.78, 5) is 26.5. The molecule has 0 aromatic rings. The molecule has 1 rings (SSSR count). The van der Waals surface area contributed by atoms with E-state index in [0.29, 0.717) is 12.8 Å². The molecule has 1 saturated heterocycles. The molecule has 0 aliphatic carbocycles. The molecule has 1 aliphatic rings. The van der Waals surface area contributed by atoms with E-state index in [4.69, 9.17) is 14.2 Å². The predicted molar refractivity (Wildman–Crippen MR) is 319 cm³/mol. The van der Waals surface area contributed by atoms with E-state index in [1.807, 2.05) is 60.8 Å². The number of carbonyl (C=O) groups is 2. The zero-order valence-corrected chi connectivity index (χ0v) is 49.3. The molecule has 11 nitrogen and oxygen atoms in total. The van der Waals surface area contributed by atoms with Gasteiger partial charge in [-0.1, -0.05) is 293 Å². The minimum Gasteiger partial charge on any atom is -0.454 e. The maximum absolute atomic E-state index is 13.4. The summed E-state index contributed by atoms with van der Waals surface area (Å²) in [7, 11) is 0. The van der Waals surface area contributed by atoms with Gasteiger partial charge in [0.2, 0.25) is 5.91 Å². The van der Waals surface area contributed by atoms with Gasteiger partial charge in [-0.2, -0.15) is 0 Å². The first kappa shape index (κ1) is 72.1. The summed E-state index contributed by atoms with van der Waals surface area (Å²) in [6.07, 6.45) is 58.1. The van der Waals surface area contributed by atoms with Crippen LogP contribution in [0.4, 0.5) is 0 Å². The van der Waals surface area contributed by atoms with E-state index in [-0.39, 0.29) is 19.4 Å². The maximum Gasteiger partial charge on any atom is 0.306 e. The summed E-state index contributed by atoms with van der Waals surface area (Å²) in [6, 6.07) is -1.05. The molecule has 446 valence electrons. The lowest BCUT2D eigenvalue weighted by molar-refractivity contribution is -0.305. The third kappa shape index (κ3) is 41.7. The van der Waals surface area contributed by atoms with Crippen LogP contribution in [-0.4, -0.2) is 99.6 Å². The van der Waals surface area contributed by atoms with Crippen molar-refractivity contribution in [2.24, 2.45) is 0 Å². The van der Waals surface area contributed by atoms with E-state index in [2.05, 4.69) is 32.2 Å². The van der Waals surface area contributed by atoms with Crippen molar-refractivity contribution in [3.8, 4) is 0 Å². The van der Waals surface area contributed by atoms with Gasteiger partial charge in [-0.05, 0) is 44.9 Å². The molecule has 0 aromatic carbocycles. The number of hydrogen-bond acceptors (Lipinski definition) is 10. The number of aliphatic hydroxyl groups excluding tert-OH is 5. The minimum absolute atomic E-state index is 0.119. The van der Waals surface area contributed by atoms with Gasteiger partial charge < -0.3 is 45.1 Å². The monoisotopic (exact) mass is 1080 g/mol. The normalized spacial score (nSPS) is 19.5. The number of hydrogen-bond donors (Lipinski definition) is 6. The van der Waals surface area contributed by atoms with Gasteiger partial charge in [0, 0.05) is 6.42 Å². The Morgan fingerprint density at radius 1 is 0.519 bits per heavy atom. The minimum atomic E-state index is -1.62. The molecule has 0 aromatic heterocycles. The molecular formula is C66H117NO10. The number of esters is 1. The van der Waals surface area contributed by atoms with Crippen LogP contribution >= 0.6 is 0 Å². The fourth-order valence-corrected chi connectivity index (χ4v) is 9.73. The standard InChI is InChI=1S/C66H117NO10/c1-4-7-10-13-16-19-22-25-27-28-29-30-31-32-33-36-39-42-45-48-51-54-61(71)77-64-63(73)62(72)60(55-68)76-66(64)75-56-57(58(69)52-49-46-43-40-37-34-24-21-18-15-12-9-6-3)67-65(74)59(70)53-50-47-44-41-38-35-26-23-20-17-14-11-8-5-2/h8,11,14,17,20,23,26,35,38,41,49,52,57-60,62-64,66,68-70,72-73H,4-7,9-10,12-13,15-16,18-19,21-22,24-25,27-34,36-37,39-40,42-48,50-51,53-56H2,1-3H3,(H,67,74)/b11-8+,17-14+,23-20-,35-26-,41-38+,52-49+. The third-order valence-electron chi connectivity index (χ3n) is 14.8. The van der Waals surface area contributed by atoms with Crippen LogP contribution in [-0.2, 0) is 23.8 Å². The first-order valence-corrected chi connectivity index (χ1v) is 31.8. The molecule has 0 radical (unpaired) electrons. The SMILES string of the molecule is CC/C=C/C=C/C=C\C=C/C=C/CCCCC(O)C(=O)NC(COC1OC(CO)C(O)C(O)C1OC(=O)CCCCCCCCCCCCCCCCCCCCCCC)C(O)/C=C/CCCCCCCCCCCCC. The summed E-state index contributed by atoms with van der Waals surface area (Å²) >= 11 is 0. The molecule has 0 bridgehead atoms. The van der Waals surface area contributed by atoms with E-state index >= 15 is 0 Å². The van der Waals surface area contributed by atoms with Gasteiger partial charge in [-0.15, -0.1) is 0 Å². The van der Waals surface area contributed by atoms with Gasteiger partial charge in [-0.3, -0.25) is 9.59 Å². The Morgan fingerprint density at radius 3 is 1.40 bits per heavy atom. The van der Waals surface area contributed by atoms with Crippen molar-refractivity contribution >= 4 is 11.9 Å². The Morgan fingerprint density at radius 2 is 0.935 bits per heavy atom. The predicted octanol–water partition coefficient (Wildman–Crippen LogP) is 15.2. The number of unbranched alkanes of at least 4 members (excludes halogenated alkanes) is 33. The van der Waals surface area contributed by atoms with E-state index in [0.717, 1.165) is 57.8 Å². The Bertz CT molecular complexity index is 1530. The average Bonchev–Trinajstić information content (AvgIpc) is 3.43. The van der Waals surface area contributed by atoms with Crippen LogP contribution in [0.15, 0.2) is 72.9 Å². The van der Waals surface area contributed by atoms with Crippen LogP contribution in [0.3, 0.4) is 0 Å². The van der Waals surface area contributed by atoms with Gasteiger partial charge in [0.1, 0.15) is 24.4 Å². The van der Waals surface area contributed by atoms with Crippen LogP contribution in [0.1, 0.15) is 271 Å². The molecule has 1 heterocycles. The highest BCUT2D eigenvalue weighted by Crippen LogP contribution is 2.26. The molecule has 11 heteroatoms. The number of carbonyl (C=O) groups excluding carboxylic acids is 2. The number of amides is 1. The lowest BCUT2D eigenvalue weighted by Crippen LogP contribution is -2.61. The van der Waals surface area contributed by atoms with E-state index in [1.165, 1.54) is 167 Å². The summed E-state index contributed by atoms with van der Waals surface area (Å²) in [6.45, 7) is 5.64. The topological polar surface area (TPSA) is 175 Å². The summed E-state index contributed by atoms with van der Waals surface area (Å²) in [5, 5.41) is 56.9. The highest BCUT2D eigenvalue weighted by atomic mass is 16.7. The lowest BCUT2D eigenvalue weighted by atomic mass is 9.99. The summed E-state index contributed by atoms with van der Waals surface area (Å²) in [5.41, 5.74) is 0. The van der Waals surface area contributed by atoms with Crippen molar-refractivity contribution in [2.75, 3.05) is 13.2 Å². The van der Waals surface area contributed by atoms with Crippen molar-refractivity contribution in [1.82, 2.24) is 5.32 Å². The third-order valence-corrected chi connectivity index (χ3v) is 14.8. The molecule has 8 atom stereocenters. The summed E-state index contributed by atoms with van der Waals surface area (Å²) < 4.78 is 17.6. The highest BCUT2D eigenvalue weighted by molar-refractivity contribution is 5.80. The van der Waals surface area contributed by atoms with Crippen molar-refractivity contribution in [3.05, 3.63) is 72.9 Å². The molecule has 1 fully saturated rings. The smallest absolute Gasteiger partial charge is 0.306 e. The fourth-order valence-electron chi connectivity index (χ4n) is 9.73. The molecule has 77 heavy (non-hydrogen) atoms. The molecule has 0 saturated carbocycles. The fraction of sp³-hybridized carbons (Fsp3) is 0.788. The number of rotatable bonds is 53. The van der Waals surface area contributed by atoms with E-state index < -0.39 is 67.4 Å². The quantitative estimate of drug-likeness (QED) is 0.0149. The molecule has 8 unspecified atom stereocenters. The van der Waals surface area contributed by atoms with Crippen molar-refractivity contribution in [1.29, 1.82) is 0 Å². The number of ether oxygens (including phenoxy) is 3. The Labute approximate surface area is 471 Å². The largest absolute Gasteiger partial charge is 0.454 e. The van der Waals surface area contributed by atoms with Crippen LogP contribution in [0.5, 0.6) is 0 Å². The van der Waals surface area contributed by atoms with Crippen LogP contribution in [0.25, 0.3) is 0 Å². The zero-order chi connectivity index (χ0) is 56.1. The second-order valence-electron chi connectivity index (χ2n) is 21.9. The Balaban J connectivity index is 2.67. The van der Waals surface area contributed by atoms with Crippen LogP contribution < -0.4 is 5.32 Å². The highest BCUT2D eigenvalue weighted by Gasteiger charge is 2.47. The first-order valence-electron chi connectivity index (χ1n) is 31.8. The Kier molecular flexibility index (Phi) is 50.3. The van der Waals surface area contributed by atoms with E-state index in [9.17, 15) is 35.1 Å². The van der Waals surface area contributed by atoms with Crippen molar-refractivity contribution < 1.29 is 49.3 Å². The van der Waals surface area contributed by atoms with Crippen molar-refractivity contribution in [2.45, 2.75) is 320 Å². The summed E-state index contributed by atoms with van der Waals surface area (Å²) in [5.74, 6) is -1.23. The maximum atomic E-state index is 13.4. The van der Waals surface area contributed by atoms with Gasteiger partial charge in [-0.25, -0.2) is 0 Å². The molecule has 1 aliphatic heterocycles. The van der Waals surface area contributed by atoms with Crippen molar-refractivity contribution in [3.63, 3.8) is 0 Å². The second kappa shape index (κ2) is 53.7. The number of aliphatic hydroxyl groups is 5.